The molecule has 4 rings (SSSR count). The van der Waals surface area contributed by atoms with Crippen LogP contribution < -0.4 is 0 Å². The van der Waals surface area contributed by atoms with Crippen LogP contribution in [0.3, 0.4) is 0 Å². The van der Waals surface area contributed by atoms with Gasteiger partial charge in [0.05, 0.1) is 19.8 Å². The molecule has 1 N–H and O–H groups in total. The van der Waals surface area contributed by atoms with Crippen molar-refractivity contribution in [1.82, 2.24) is 24.6 Å². The number of fused-ring (bicyclic) bond motifs is 1. The van der Waals surface area contributed by atoms with Crippen molar-refractivity contribution in [2.24, 2.45) is 7.05 Å². The molecule has 0 radical (unpaired) electrons. The minimum absolute atomic E-state index is 0.117. The summed E-state index contributed by atoms with van der Waals surface area (Å²) in [4.78, 5) is 34.9. The number of aliphatic hydroxyl groups is 1. The predicted octanol–water partition coefficient (Wildman–Crippen LogP) is 1.31. The van der Waals surface area contributed by atoms with E-state index < -0.39 is 6.10 Å². The van der Waals surface area contributed by atoms with Crippen molar-refractivity contribution in [2.45, 2.75) is 6.10 Å². The Bertz CT molecular complexity index is 1080. The first kappa shape index (κ1) is 20.5. The Morgan fingerprint density at radius 2 is 2.20 bits per heavy atom. The third kappa shape index (κ3) is 3.69. The molecule has 3 aromatic rings. The van der Waals surface area contributed by atoms with Crippen LogP contribution in [0.1, 0.15) is 31.8 Å². The van der Waals surface area contributed by atoms with Gasteiger partial charge in [0.2, 0.25) is 0 Å². The van der Waals surface area contributed by atoms with Crippen molar-refractivity contribution >= 4 is 33.4 Å². The van der Waals surface area contributed by atoms with Gasteiger partial charge in [-0.2, -0.15) is 5.10 Å². The molecule has 0 saturated carbocycles. The lowest BCUT2D eigenvalue weighted by Gasteiger charge is -2.33. The maximum Gasteiger partial charge on any atom is 0.272 e. The number of nitrogens with zero attached hydrogens (tertiary/aromatic N) is 5. The molecule has 30 heavy (non-hydrogen) atoms. The Hall–Kier alpha value is -2.82. The zero-order valence-electron chi connectivity index (χ0n) is 16.8. The summed E-state index contributed by atoms with van der Waals surface area (Å²) >= 11 is 1.31. The Kier molecular flexibility index (Phi) is 5.80. The number of carbonyl (C=O) groups is 2. The number of hydrogen-bond acceptors (Lipinski definition) is 7. The Balaban J connectivity index is 1.69. The molecule has 0 spiro atoms. The Labute approximate surface area is 177 Å². The minimum Gasteiger partial charge on any atom is -0.395 e. The largest absolute Gasteiger partial charge is 0.395 e. The summed E-state index contributed by atoms with van der Waals surface area (Å²) < 4.78 is 7.58. The molecule has 3 aromatic heterocycles. The van der Waals surface area contributed by atoms with Gasteiger partial charge in [0.25, 0.3) is 11.8 Å². The number of aromatic nitrogens is 3. The zero-order chi connectivity index (χ0) is 21.3. The second-order valence-corrected chi connectivity index (χ2v) is 8.10. The first-order valence-corrected chi connectivity index (χ1v) is 10.5. The van der Waals surface area contributed by atoms with Gasteiger partial charge in [-0.3, -0.25) is 14.3 Å². The van der Waals surface area contributed by atoms with Crippen molar-refractivity contribution < 1.29 is 19.4 Å². The van der Waals surface area contributed by atoms with Crippen LogP contribution in [-0.4, -0.2) is 81.4 Å². The number of aryl methyl sites for hydroxylation is 1. The van der Waals surface area contributed by atoms with E-state index in [2.05, 4.69) is 10.1 Å². The number of morpholine rings is 1. The molecule has 1 saturated heterocycles. The first-order chi connectivity index (χ1) is 14.5. The smallest absolute Gasteiger partial charge is 0.272 e. The van der Waals surface area contributed by atoms with E-state index in [0.717, 1.165) is 15.8 Å². The first-order valence-electron chi connectivity index (χ1n) is 9.64. The van der Waals surface area contributed by atoms with Gasteiger partial charge >= 0.3 is 0 Å². The van der Waals surface area contributed by atoms with Crippen LogP contribution in [-0.2, 0) is 11.8 Å². The van der Waals surface area contributed by atoms with Crippen molar-refractivity contribution in [3.05, 3.63) is 46.7 Å². The van der Waals surface area contributed by atoms with Crippen molar-refractivity contribution in [3.8, 4) is 0 Å². The van der Waals surface area contributed by atoms with Crippen LogP contribution in [0.2, 0.25) is 0 Å². The average Bonchev–Trinajstić information content (AvgIpc) is 3.36. The lowest BCUT2D eigenvalue weighted by Crippen LogP contribution is -2.43. The van der Waals surface area contributed by atoms with Crippen molar-refractivity contribution in [2.75, 3.05) is 39.9 Å². The lowest BCUT2D eigenvalue weighted by atomic mass is 10.0. The molecule has 0 aliphatic carbocycles. The maximum absolute atomic E-state index is 13.1. The summed E-state index contributed by atoms with van der Waals surface area (Å²) in [6.45, 7) is 1.28. The highest BCUT2D eigenvalue weighted by atomic mass is 32.1. The van der Waals surface area contributed by atoms with Crippen LogP contribution in [0, 0.1) is 0 Å². The average molecular weight is 430 g/mol. The maximum atomic E-state index is 13.1. The number of likely N-dealkylation sites (N-methyl/N-ethyl adjacent to an activating group) is 1. The molecule has 10 heteroatoms. The highest BCUT2D eigenvalue weighted by Crippen LogP contribution is 2.38. The second-order valence-electron chi connectivity index (χ2n) is 7.10. The van der Waals surface area contributed by atoms with Crippen LogP contribution >= 0.6 is 11.3 Å². The van der Waals surface area contributed by atoms with Crippen LogP contribution in [0.25, 0.3) is 10.2 Å². The molecular formula is C20H23N5O4S. The van der Waals surface area contributed by atoms with Crippen LogP contribution in [0.5, 0.6) is 0 Å². The van der Waals surface area contributed by atoms with E-state index in [1.165, 1.54) is 16.2 Å². The summed E-state index contributed by atoms with van der Waals surface area (Å²) in [5.41, 5.74) is 1.26. The molecule has 9 nitrogen and oxygen atoms in total. The minimum atomic E-state index is -0.449. The molecule has 4 heterocycles. The number of ether oxygens (including phenoxy) is 1. The number of hydrogen-bond donors (Lipinski definition) is 1. The normalized spacial score (nSPS) is 16.8. The van der Waals surface area contributed by atoms with Crippen molar-refractivity contribution in [1.29, 1.82) is 0 Å². The number of aliphatic hydroxyl groups excluding tert-OH is 1. The second kappa shape index (κ2) is 8.50. The summed E-state index contributed by atoms with van der Waals surface area (Å²) in [7, 11) is 3.39. The Morgan fingerprint density at radius 1 is 1.37 bits per heavy atom. The van der Waals surface area contributed by atoms with E-state index in [9.17, 15) is 14.7 Å². The van der Waals surface area contributed by atoms with Crippen LogP contribution in [0.4, 0.5) is 0 Å². The van der Waals surface area contributed by atoms with Gasteiger partial charge in [0.15, 0.2) is 0 Å². The fraction of sp³-hybridized carbons (Fsp3) is 0.400. The molecular weight excluding hydrogens is 406 g/mol. The van der Waals surface area contributed by atoms with Gasteiger partial charge in [0.1, 0.15) is 21.5 Å². The summed E-state index contributed by atoms with van der Waals surface area (Å²) in [6.07, 6.45) is 2.83. The van der Waals surface area contributed by atoms with Gasteiger partial charge in [-0.1, -0.05) is 6.07 Å². The molecule has 0 unspecified atom stereocenters. The number of thiophene rings is 1. The van der Waals surface area contributed by atoms with Gasteiger partial charge in [0, 0.05) is 50.5 Å². The van der Waals surface area contributed by atoms with Gasteiger partial charge in [-0.05, 0) is 12.1 Å². The van der Waals surface area contributed by atoms with E-state index in [1.807, 2.05) is 12.1 Å². The number of carbonyl (C=O) groups excluding carboxylic acids is 2. The third-order valence-electron chi connectivity index (χ3n) is 5.20. The molecule has 1 atom stereocenters. The molecule has 2 amide bonds. The van der Waals surface area contributed by atoms with Crippen molar-refractivity contribution in [3.63, 3.8) is 0 Å². The summed E-state index contributed by atoms with van der Waals surface area (Å²) in [5, 5.41) is 14.1. The van der Waals surface area contributed by atoms with Gasteiger partial charge < -0.3 is 19.6 Å². The molecule has 158 valence electrons. The number of amides is 2. The third-order valence-corrected chi connectivity index (χ3v) is 6.31. The lowest BCUT2D eigenvalue weighted by molar-refractivity contribution is -0.0227. The molecule has 1 fully saturated rings. The molecule has 1 aliphatic heterocycles. The van der Waals surface area contributed by atoms with Crippen LogP contribution in [0.15, 0.2) is 30.6 Å². The zero-order valence-corrected chi connectivity index (χ0v) is 17.6. The quantitative estimate of drug-likeness (QED) is 0.656. The fourth-order valence-corrected chi connectivity index (χ4v) is 4.80. The number of pyridine rings is 1. The molecule has 1 aliphatic rings. The number of rotatable bonds is 5. The van der Waals surface area contributed by atoms with E-state index in [0.29, 0.717) is 30.3 Å². The summed E-state index contributed by atoms with van der Waals surface area (Å²) in [5.74, 6) is -0.313. The summed E-state index contributed by atoms with van der Waals surface area (Å²) in [6, 6.07) is 5.43. The Morgan fingerprint density at radius 3 is 2.93 bits per heavy atom. The molecule has 0 aromatic carbocycles. The van der Waals surface area contributed by atoms with E-state index in [1.54, 1.807) is 42.1 Å². The standard InChI is InChI=1S/C20H23N5O4S/c1-23(8-10-26)20(28)17-16(13-4-3-6-21-18(13)30-17)15-12-25(9-11-29-15)19(27)14-5-7-22-24(14)2/h3-7,15,26H,8-12H2,1-2H3/t15-/m0/s1. The van der Waals surface area contributed by atoms with Gasteiger partial charge in [-0.15, -0.1) is 11.3 Å². The topological polar surface area (TPSA) is 101 Å². The predicted molar refractivity (Wildman–Crippen MR) is 111 cm³/mol. The highest BCUT2D eigenvalue weighted by Gasteiger charge is 2.33. The van der Waals surface area contributed by atoms with E-state index in [-0.39, 0.29) is 25.0 Å². The fourth-order valence-electron chi connectivity index (χ4n) is 3.61. The highest BCUT2D eigenvalue weighted by molar-refractivity contribution is 7.20. The van der Waals surface area contributed by atoms with E-state index in [4.69, 9.17) is 4.74 Å². The van der Waals surface area contributed by atoms with Gasteiger partial charge in [-0.25, -0.2) is 4.98 Å². The molecule has 0 bridgehead atoms. The van der Waals surface area contributed by atoms with E-state index >= 15 is 0 Å². The SMILES string of the molecule is CN(CCO)C(=O)c1sc2ncccc2c1[C@@H]1CN(C(=O)c2ccnn2C)CCO1. The monoisotopic (exact) mass is 429 g/mol.